The number of hydrogen-bond donors (Lipinski definition) is 2. The number of ketones is 1. The van der Waals surface area contributed by atoms with Crippen LogP contribution >= 0.6 is 39.1 Å². The molecule has 2 atom stereocenters. The van der Waals surface area contributed by atoms with Gasteiger partial charge in [-0.3, -0.25) is 19.6 Å². The second kappa shape index (κ2) is 10.2. The summed E-state index contributed by atoms with van der Waals surface area (Å²) in [6.07, 6.45) is 2.88. The standard InChI is InChI=1S/C23H20BrCl2N3O6S/c24-18-19(23(20(18)30)5-7-36(34,35)8-6-23)29-16(22(32)33)9-12-1-3-13(4-2-12)28-21(31)17-14(25)10-27-11-15(17)26/h1-4,10-11,16,18H,5-9H2,(H,28,31)(H,32,33)/t16-,18?/m0/s1. The van der Waals surface area contributed by atoms with Crippen LogP contribution in [0.15, 0.2) is 41.7 Å². The van der Waals surface area contributed by atoms with Crippen LogP contribution in [0.25, 0.3) is 0 Å². The summed E-state index contributed by atoms with van der Waals surface area (Å²) in [7, 11) is -3.21. The Hall–Kier alpha value is -2.34. The van der Waals surface area contributed by atoms with Crippen molar-refractivity contribution in [2.24, 2.45) is 10.4 Å². The van der Waals surface area contributed by atoms with Gasteiger partial charge < -0.3 is 10.4 Å². The maximum Gasteiger partial charge on any atom is 0.328 e. The van der Waals surface area contributed by atoms with Crippen molar-refractivity contribution in [3.8, 4) is 0 Å². The highest BCUT2D eigenvalue weighted by Crippen LogP contribution is 2.47. The fourth-order valence-corrected chi connectivity index (χ4v) is 7.42. The van der Waals surface area contributed by atoms with E-state index in [1.54, 1.807) is 24.3 Å². The highest BCUT2D eigenvalue weighted by molar-refractivity contribution is 9.10. The molecule has 2 N–H and O–H groups in total. The van der Waals surface area contributed by atoms with Crippen molar-refractivity contribution >= 4 is 78.0 Å². The third-order valence-corrected chi connectivity index (χ3v) is 9.49. The molecule has 9 nitrogen and oxygen atoms in total. The van der Waals surface area contributed by atoms with Crippen molar-refractivity contribution in [2.75, 3.05) is 16.8 Å². The Morgan fingerprint density at radius 1 is 1.17 bits per heavy atom. The molecule has 36 heavy (non-hydrogen) atoms. The Balaban J connectivity index is 1.49. The van der Waals surface area contributed by atoms with Crippen molar-refractivity contribution in [3.63, 3.8) is 0 Å². The maximum absolute atomic E-state index is 12.6. The molecule has 1 aliphatic carbocycles. The number of carboxylic acids is 1. The number of Topliss-reactive ketones (excluding diaryl/α,β-unsaturated/α-hetero) is 1. The normalized spacial score (nSPS) is 22.1. The zero-order valence-corrected chi connectivity index (χ0v) is 22.5. The molecular weight excluding hydrogens is 597 g/mol. The third-order valence-electron chi connectivity index (χ3n) is 6.41. The Bertz CT molecular complexity index is 1350. The first-order valence-corrected chi connectivity index (χ1v) is 14.3. The summed E-state index contributed by atoms with van der Waals surface area (Å²) in [5, 5.41) is 12.7. The van der Waals surface area contributed by atoms with Crippen LogP contribution in [0, 0.1) is 5.41 Å². The zero-order chi connectivity index (χ0) is 26.3. The van der Waals surface area contributed by atoms with E-state index in [9.17, 15) is 27.9 Å². The van der Waals surface area contributed by atoms with Crippen LogP contribution in [0.4, 0.5) is 5.69 Å². The van der Waals surface area contributed by atoms with Crippen LogP contribution < -0.4 is 5.32 Å². The number of aromatic nitrogens is 1. The molecule has 1 aromatic heterocycles. The van der Waals surface area contributed by atoms with Gasteiger partial charge in [0.2, 0.25) is 0 Å². The van der Waals surface area contributed by atoms with Crippen molar-refractivity contribution in [1.82, 2.24) is 4.98 Å². The average molecular weight is 617 g/mol. The Labute approximate surface area is 225 Å². The van der Waals surface area contributed by atoms with Gasteiger partial charge in [-0.15, -0.1) is 0 Å². The van der Waals surface area contributed by atoms with Gasteiger partial charge in [-0.25, -0.2) is 13.2 Å². The fraction of sp³-hybridized carbons (Fsp3) is 0.348. The predicted octanol–water partition coefficient (Wildman–Crippen LogP) is 3.62. The molecule has 1 spiro atoms. The van der Waals surface area contributed by atoms with Crippen LogP contribution in [-0.4, -0.2) is 64.3 Å². The second-order valence-corrected chi connectivity index (χ2v) is 12.7. The van der Waals surface area contributed by atoms with E-state index in [-0.39, 0.29) is 52.2 Å². The molecule has 1 aliphatic heterocycles. The van der Waals surface area contributed by atoms with Gasteiger partial charge >= 0.3 is 5.97 Å². The highest BCUT2D eigenvalue weighted by Gasteiger charge is 2.60. The van der Waals surface area contributed by atoms with Gasteiger partial charge in [0.1, 0.15) is 14.7 Å². The largest absolute Gasteiger partial charge is 0.480 e. The lowest BCUT2D eigenvalue weighted by molar-refractivity contribution is -0.138. The van der Waals surface area contributed by atoms with Crippen LogP contribution in [0.5, 0.6) is 0 Å². The molecular formula is C23H20BrCl2N3O6S. The number of sulfone groups is 1. The topological polar surface area (TPSA) is 143 Å². The third kappa shape index (κ3) is 5.20. The van der Waals surface area contributed by atoms with Gasteiger partial charge in [0.15, 0.2) is 11.8 Å². The van der Waals surface area contributed by atoms with E-state index in [2.05, 4.69) is 31.2 Å². The van der Waals surface area contributed by atoms with Crippen molar-refractivity contribution < 1.29 is 27.9 Å². The summed E-state index contributed by atoms with van der Waals surface area (Å²) in [6, 6.07) is 5.36. The van der Waals surface area contributed by atoms with Gasteiger partial charge in [0, 0.05) is 30.2 Å². The van der Waals surface area contributed by atoms with Gasteiger partial charge in [0.05, 0.1) is 32.5 Å². The van der Waals surface area contributed by atoms with Gasteiger partial charge in [-0.05, 0) is 30.5 Å². The van der Waals surface area contributed by atoms with E-state index in [1.165, 1.54) is 12.4 Å². The first-order valence-electron chi connectivity index (χ1n) is 10.8. The Morgan fingerprint density at radius 3 is 2.31 bits per heavy atom. The predicted molar refractivity (Wildman–Crippen MR) is 139 cm³/mol. The molecule has 190 valence electrons. The summed E-state index contributed by atoms with van der Waals surface area (Å²) in [4.78, 5) is 44.6. The van der Waals surface area contributed by atoms with Gasteiger partial charge in [-0.1, -0.05) is 51.3 Å². The molecule has 13 heteroatoms. The quantitative estimate of drug-likeness (QED) is 0.472. The molecule has 2 aliphatic rings. The first-order chi connectivity index (χ1) is 16.9. The monoisotopic (exact) mass is 615 g/mol. The molecule has 1 aromatic carbocycles. The van der Waals surface area contributed by atoms with Crippen molar-refractivity contribution in [2.45, 2.75) is 30.1 Å². The molecule has 0 radical (unpaired) electrons. The minimum Gasteiger partial charge on any atom is -0.480 e. The summed E-state index contributed by atoms with van der Waals surface area (Å²) >= 11 is 15.3. The number of carbonyl (C=O) groups excluding carboxylic acids is 2. The maximum atomic E-state index is 12.6. The van der Waals surface area contributed by atoms with E-state index in [1.807, 2.05) is 0 Å². The molecule has 1 saturated heterocycles. The number of nitrogens with zero attached hydrogens (tertiary/aromatic N) is 2. The smallest absolute Gasteiger partial charge is 0.328 e. The SMILES string of the molecule is O=C(Nc1ccc(C[C@H](N=C2C(Br)C(=O)C23CCS(=O)(=O)CC3)C(=O)O)cc1)c1c(Cl)cncc1Cl. The Morgan fingerprint density at radius 2 is 1.75 bits per heavy atom. The van der Waals surface area contributed by atoms with Crippen molar-refractivity contribution in [1.29, 1.82) is 0 Å². The zero-order valence-electron chi connectivity index (χ0n) is 18.6. The van der Waals surface area contributed by atoms with Crippen LogP contribution in [0.3, 0.4) is 0 Å². The number of carbonyl (C=O) groups is 3. The number of amides is 1. The molecule has 4 rings (SSSR count). The van der Waals surface area contributed by atoms with Gasteiger partial charge in [-0.2, -0.15) is 0 Å². The number of alkyl halides is 1. The molecule has 1 saturated carbocycles. The summed E-state index contributed by atoms with van der Waals surface area (Å²) in [5.41, 5.74) is 0.546. The number of hydrogen-bond acceptors (Lipinski definition) is 7. The summed E-state index contributed by atoms with van der Waals surface area (Å²) in [5.74, 6) is -2.10. The number of carboxylic acid groups (broad SMARTS) is 1. The van der Waals surface area contributed by atoms with E-state index >= 15 is 0 Å². The molecule has 2 fully saturated rings. The number of anilines is 1. The number of pyridine rings is 1. The molecule has 1 amide bonds. The number of nitrogens with one attached hydrogen (secondary N) is 1. The number of aliphatic imine (C=N–C) groups is 1. The lowest BCUT2D eigenvalue weighted by Gasteiger charge is -2.47. The summed E-state index contributed by atoms with van der Waals surface area (Å²) in [6.45, 7) is 0. The van der Waals surface area contributed by atoms with Crippen molar-refractivity contribution in [3.05, 3.63) is 57.8 Å². The molecule has 1 unspecified atom stereocenters. The molecule has 2 heterocycles. The fourth-order valence-electron chi connectivity index (χ4n) is 4.36. The van der Waals surface area contributed by atoms with E-state index in [4.69, 9.17) is 23.2 Å². The van der Waals surface area contributed by atoms with E-state index < -0.39 is 38.0 Å². The molecule has 0 bridgehead atoms. The highest BCUT2D eigenvalue weighted by atomic mass is 79.9. The number of benzene rings is 1. The minimum absolute atomic E-state index is 0.0390. The summed E-state index contributed by atoms with van der Waals surface area (Å²) < 4.78 is 23.7. The Kier molecular flexibility index (Phi) is 7.57. The van der Waals surface area contributed by atoms with Crippen LogP contribution in [0.2, 0.25) is 10.0 Å². The minimum atomic E-state index is -3.21. The van der Waals surface area contributed by atoms with Crippen LogP contribution in [-0.2, 0) is 25.8 Å². The number of halogens is 3. The average Bonchev–Trinajstić information content (AvgIpc) is 2.82. The lowest BCUT2D eigenvalue weighted by atomic mass is 9.62. The first kappa shape index (κ1) is 26.7. The number of rotatable bonds is 6. The van der Waals surface area contributed by atoms with E-state index in [0.29, 0.717) is 17.0 Å². The lowest BCUT2D eigenvalue weighted by Crippen LogP contribution is -2.63. The van der Waals surface area contributed by atoms with Gasteiger partial charge in [0.25, 0.3) is 5.91 Å². The number of aliphatic carboxylic acids is 1. The second-order valence-electron chi connectivity index (χ2n) is 8.66. The molecule has 2 aromatic rings. The van der Waals surface area contributed by atoms with Crippen LogP contribution in [0.1, 0.15) is 28.8 Å². The van der Waals surface area contributed by atoms with E-state index in [0.717, 1.165) is 0 Å².